The number of hydrogen-bond donors (Lipinski definition) is 0. The maximum absolute atomic E-state index is 13.3. The SMILES string of the molecule is CCCCc1ccc2c(ccc3cc(C#Cc4cc(F)c(F)c(F)c4)ccc32)c1. The van der Waals surface area contributed by atoms with Gasteiger partial charge in [0.25, 0.3) is 0 Å². The minimum absolute atomic E-state index is 0.0969. The molecule has 0 aliphatic rings. The molecule has 0 aromatic heterocycles. The van der Waals surface area contributed by atoms with Gasteiger partial charge in [0.2, 0.25) is 0 Å². The van der Waals surface area contributed by atoms with Gasteiger partial charge in [0.05, 0.1) is 0 Å². The van der Waals surface area contributed by atoms with Crippen LogP contribution in [0.4, 0.5) is 13.2 Å². The molecule has 0 aliphatic carbocycles. The van der Waals surface area contributed by atoms with E-state index in [1.54, 1.807) is 0 Å². The highest BCUT2D eigenvalue weighted by Crippen LogP contribution is 2.27. The number of hydrogen-bond acceptors (Lipinski definition) is 0. The minimum Gasteiger partial charge on any atom is -0.204 e. The molecule has 0 aliphatic heterocycles. The third kappa shape index (κ3) is 3.98. The molecular formula is C26H19F3. The van der Waals surface area contributed by atoms with Crippen LogP contribution in [-0.4, -0.2) is 0 Å². The van der Waals surface area contributed by atoms with Crippen LogP contribution in [0.15, 0.2) is 60.7 Å². The standard InChI is InChI=1S/C26H19F3/c1-2-3-4-17-7-11-22-20(13-17)9-10-21-14-18(8-12-23(21)22)5-6-19-15-24(27)26(29)25(28)16-19/h7-16H,2-4H2,1H3. The topological polar surface area (TPSA) is 0 Å². The Balaban J connectivity index is 1.69. The Hall–Kier alpha value is -3.25. The van der Waals surface area contributed by atoms with Gasteiger partial charge in [-0.15, -0.1) is 0 Å². The summed E-state index contributed by atoms with van der Waals surface area (Å²) in [4.78, 5) is 0. The summed E-state index contributed by atoms with van der Waals surface area (Å²) in [5, 5.41) is 4.57. The Bertz CT molecular complexity index is 1250. The van der Waals surface area contributed by atoms with Gasteiger partial charge >= 0.3 is 0 Å². The lowest BCUT2D eigenvalue weighted by atomic mass is 9.97. The first-order chi connectivity index (χ1) is 14.0. The van der Waals surface area contributed by atoms with Crippen LogP contribution in [0.1, 0.15) is 36.5 Å². The summed E-state index contributed by atoms with van der Waals surface area (Å²) < 4.78 is 39.7. The molecule has 0 amide bonds. The quantitative estimate of drug-likeness (QED) is 0.199. The molecule has 0 spiro atoms. The predicted octanol–water partition coefficient (Wildman–Crippen LogP) is 7.15. The molecule has 144 valence electrons. The Labute approximate surface area is 168 Å². The van der Waals surface area contributed by atoms with Crippen molar-refractivity contribution in [1.29, 1.82) is 0 Å². The first kappa shape index (κ1) is 19.1. The minimum atomic E-state index is -1.48. The zero-order valence-corrected chi connectivity index (χ0v) is 16.0. The number of unbranched alkanes of at least 4 members (excludes halogenated alkanes) is 1. The van der Waals surface area contributed by atoms with Gasteiger partial charge in [-0.3, -0.25) is 0 Å². The van der Waals surface area contributed by atoms with E-state index in [0.29, 0.717) is 0 Å². The van der Waals surface area contributed by atoms with Crippen molar-refractivity contribution in [3.63, 3.8) is 0 Å². The average Bonchev–Trinajstić information content (AvgIpc) is 2.73. The van der Waals surface area contributed by atoms with Crippen molar-refractivity contribution in [3.8, 4) is 11.8 Å². The van der Waals surface area contributed by atoms with E-state index in [-0.39, 0.29) is 5.56 Å². The molecule has 29 heavy (non-hydrogen) atoms. The molecule has 4 aromatic carbocycles. The summed E-state index contributed by atoms with van der Waals surface area (Å²) in [5.41, 5.74) is 2.17. The lowest BCUT2D eigenvalue weighted by Gasteiger charge is -2.07. The van der Waals surface area contributed by atoms with Crippen molar-refractivity contribution in [3.05, 3.63) is 94.8 Å². The molecular weight excluding hydrogens is 369 g/mol. The van der Waals surface area contributed by atoms with E-state index >= 15 is 0 Å². The number of benzene rings is 4. The Kier molecular flexibility index (Phi) is 5.27. The zero-order chi connectivity index (χ0) is 20.4. The fourth-order valence-corrected chi connectivity index (χ4v) is 3.51. The summed E-state index contributed by atoms with van der Waals surface area (Å²) in [7, 11) is 0. The van der Waals surface area contributed by atoms with E-state index in [1.165, 1.54) is 29.2 Å². The molecule has 0 fully saturated rings. The fraction of sp³-hybridized carbons (Fsp3) is 0.154. The van der Waals surface area contributed by atoms with E-state index < -0.39 is 17.5 Å². The van der Waals surface area contributed by atoms with Gasteiger partial charge in [-0.1, -0.05) is 61.6 Å². The van der Waals surface area contributed by atoms with Crippen molar-refractivity contribution in [2.45, 2.75) is 26.2 Å². The Morgan fingerprint density at radius 3 is 2.00 bits per heavy atom. The van der Waals surface area contributed by atoms with Gasteiger partial charge < -0.3 is 0 Å². The van der Waals surface area contributed by atoms with Crippen LogP contribution in [0.3, 0.4) is 0 Å². The summed E-state index contributed by atoms with van der Waals surface area (Å²) >= 11 is 0. The first-order valence-electron chi connectivity index (χ1n) is 9.67. The summed E-state index contributed by atoms with van der Waals surface area (Å²) in [6.45, 7) is 2.19. The van der Waals surface area contributed by atoms with Crippen LogP contribution in [0.5, 0.6) is 0 Å². The third-order valence-corrected chi connectivity index (χ3v) is 5.05. The molecule has 0 unspecified atom stereocenters. The maximum Gasteiger partial charge on any atom is 0.194 e. The van der Waals surface area contributed by atoms with Crippen molar-refractivity contribution < 1.29 is 13.2 Å². The summed E-state index contributed by atoms with van der Waals surface area (Å²) in [6.07, 6.45) is 3.45. The second kappa shape index (κ2) is 8.01. The van der Waals surface area contributed by atoms with Crippen molar-refractivity contribution in [1.82, 2.24) is 0 Å². The van der Waals surface area contributed by atoms with Gasteiger partial charge in [-0.25, -0.2) is 13.2 Å². The second-order valence-corrected chi connectivity index (χ2v) is 7.16. The van der Waals surface area contributed by atoms with E-state index in [0.717, 1.165) is 34.9 Å². The van der Waals surface area contributed by atoms with Crippen LogP contribution in [0.2, 0.25) is 0 Å². The zero-order valence-electron chi connectivity index (χ0n) is 16.0. The highest BCUT2D eigenvalue weighted by Gasteiger charge is 2.09. The normalized spacial score (nSPS) is 10.9. The molecule has 3 heteroatoms. The van der Waals surface area contributed by atoms with E-state index in [4.69, 9.17) is 0 Å². The predicted molar refractivity (Wildman–Crippen MR) is 112 cm³/mol. The molecule has 0 N–H and O–H groups in total. The highest BCUT2D eigenvalue weighted by atomic mass is 19.2. The Morgan fingerprint density at radius 2 is 1.31 bits per heavy atom. The smallest absolute Gasteiger partial charge is 0.194 e. The number of fused-ring (bicyclic) bond motifs is 3. The maximum atomic E-state index is 13.3. The van der Waals surface area contributed by atoms with E-state index in [2.05, 4.69) is 49.1 Å². The van der Waals surface area contributed by atoms with Crippen molar-refractivity contribution >= 4 is 21.5 Å². The highest BCUT2D eigenvalue weighted by molar-refractivity contribution is 6.07. The van der Waals surface area contributed by atoms with Crippen molar-refractivity contribution in [2.24, 2.45) is 0 Å². The van der Waals surface area contributed by atoms with Crippen molar-refractivity contribution in [2.75, 3.05) is 0 Å². The molecule has 0 nitrogen and oxygen atoms in total. The van der Waals surface area contributed by atoms with Crippen LogP contribution < -0.4 is 0 Å². The molecule has 0 saturated carbocycles. The number of halogens is 3. The van der Waals surface area contributed by atoms with Gasteiger partial charge in [0, 0.05) is 11.1 Å². The number of rotatable bonds is 3. The average molecular weight is 388 g/mol. The first-order valence-corrected chi connectivity index (χ1v) is 9.67. The van der Waals surface area contributed by atoms with E-state index in [9.17, 15) is 13.2 Å². The molecule has 0 heterocycles. The van der Waals surface area contributed by atoms with Crippen LogP contribution in [-0.2, 0) is 6.42 Å². The van der Waals surface area contributed by atoms with Crippen LogP contribution >= 0.6 is 0 Å². The molecule has 4 rings (SSSR count). The Morgan fingerprint density at radius 1 is 0.690 bits per heavy atom. The van der Waals surface area contributed by atoms with Gasteiger partial charge in [0.1, 0.15) is 0 Å². The molecule has 0 saturated heterocycles. The molecule has 4 aromatic rings. The van der Waals surface area contributed by atoms with Crippen LogP contribution in [0, 0.1) is 29.3 Å². The second-order valence-electron chi connectivity index (χ2n) is 7.16. The molecule has 0 bridgehead atoms. The van der Waals surface area contributed by atoms with Crippen LogP contribution in [0.25, 0.3) is 21.5 Å². The summed E-state index contributed by atoms with van der Waals surface area (Å²) in [6, 6.07) is 18.4. The third-order valence-electron chi connectivity index (χ3n) is 5.05. The molecule has 0 atom stereocenters. The monoisotopic (exact) mass is 388 g/mol. The summed E-state index contributed by atoms with van der Waals surface area (Å²) in [5.74, 6) is 1.65. The lowest BCUT2D eigenvalue weighted by Crippen LogP contribution is -1.91. The largest absolute Gasteiger partial charge is 0.204 e. The lowest BCUT2D eigenvalue weighted by molar-refractivity contribution is 0.446. The van der Waals surface area contributed by atoms with Gasteiger partial charge in [-0.2, -0.15) is 0 Å². The number of aryl methyl sites for hydroxylation is 1. The van der Waals surface area contributed by atoms with E-state index in [1.807, 2.05) is 18.2 Å². The fourth-order valence-electron chi connectivity index (χ4n) is 3.51. The van der Waals surface area contributed by atoms with Gasteiger partial charge in [0.15, 0.2) is 17.5 Å². The molecule has 0 radical (unpaired) electrons. The van der Waals surface area contributed by atoms with Gasteiger partial charge in [-0.05, 0) is 64.2 Å².